The van der Waals surface area contributed by atoms with Gasteiger partial charge in [0.1, 0.15) is 6.54 Å². The number of rotatable bonds is 5. The lowest BCUT2D eigenvalue weighted by Gasteiger charge is -2.32. The number of benzene rings is 1. The summed E-state index contributed by atoms with van der Waals surface area (Å²) in [5.74, 6) is 0.475. The van der Waals surface area contributed by atoms with Gasteiger partial charge in [0.05, 0.1) is 0 Å². The zero-order chi connectivity index (χ0) is 17.8. The van der Waals surface area contributed by atoms with Gasteiger partial charge in [0.15, 0.2) is 0 Å². The minimum atomic E-state index is -0.263. The Bertz CT molecular complexity index is 639. The van der Waals surface area contributed by atoms with Crippen LogP contribution in [0.4, 0.5) is 4.79 Å². The van der Waals surface area contributed by atoms with Crippen LogP contribution in [0, 0.1) is 0 Å². The standard InChI is InChI=1S/C19H25N3O3/c1-20-14-18(24)22(19(20)25)11-5-8-17(23)21-12-9-16(10-13-21)15-6-3-2-4-7-15/h2-4,6-7,16H,5,8-14H2,1H3. The number of urea groups is 1. The maximum Gasteiger partial charge on any atom is 0.326 e. The van der Waals surface area contributed by atoms with Crippen LogP contribution in [-0.4, -0.2) is 65.8 Å². The molecule has 1 aromatic carbocycles. The summed E-state index contributed by atoms with van der Waals surface area (Å²) < 4.78 is 0. The van der Waals surface area contributed by atoms with Crippen molar-refractivity contribution in [3.05, 3.63) is 35.9 Å². The van der Waals surface area contributed by atoms with Gasteiger partial charge in [-0.2, -0.15) is 0 Å². The van der Waals surface area contributed by atoms with E-state index in [4.69, 9.17) is 0 Å². The third-order valence-corrected chi connectivity index (χ3v) is 5.12. The number of carbonyl (C=O) groups excluding carboxylic acids is 3. The van der Waals surface area contributed by atoms with Crippen molar-refractivity contribution in [1.82, 2.24) is 14.7 Å². The van der Waals surface area contributed by atoms with Crippen LogP contribution in [0.25, 0.3) is 0 Å². The third kappa shape index (κ3) is 4.00. The van der Waals surface area contributed by atoms with Gasteiger partial charge in [-0.05, 0) is 30.7 Å². The molecule has 0 spiro atoms. The molecule has 0 radical (unpaired) electrons. The molecule has 0 aliphatic carbocycles. The summed E-state index contributed by atoms with van der Waals surface area (Å²) in [5.41, 5.74) is 1.35. The highest BCUT2D eigenvalue weighted by atomic mass is 16.2. The molecule has 0 unspecified atom stereocenters. The van der Waals surface area contributed by atoms with Crippen LogP contribution in [-0.2, 0) is 9.59 Å². The largest absolute Gasteiger partial charge is 0.343 e. The molecule has 4 amide bonds. The topological polar surface area (TPSA) is 60.9 Å². The third-order valence-electron chi connectivity index (χ3n) is 5.12. The van der Waals surface area contributed by atoms with E-state index < -0.39 is 0 Å². The summed E-state index contributed by atoms with van der Waals surface area (Å²) in [6.45, 7) is 2.03. The summed E-state index contributed by atoms with van der Waals surface area (Å²) in [5, 5.41) is 0. The van der Waals surface area contributed by atoms with Crippen molar-refractivity contribution in [1.29, 1.82) is 0 Å². The highest BCUT2D eigenvalue weighted by molar-refractivity contribution is 6.01. The second-order valence-corrected chi connectivity index (χ2v) is 6.85. The van der Waals surface area contributed by atoms with Crippen LogP contribution in [0.15, 0.2) is 30.3 Å². The monoisotopic (exact) mass is 343 g/mol. The fraction of sp³-hybridized carbons (Fsp3) is 0.526. The van der Waals surface area contributed by atoms with Gasteiger partial charge in [-0.1, -0.05) is 30.3 Å². The summed E-state index contributed by atoms with van der Waals surface area (Å²) in [4.78, 5) is 40.4. The smallest absolute Gasteiger partial charge is 0.326 e. The molecule has 6 heteroatoms. The first kappa shape index (κ1) is 17.5. The molecule has 0 saturated carbocycles. The van der Waals surface area contributed by atoms with Crippen molar-refractivity contribution in [3.8, 4) is 0 Å². The number of piperidine rings is 1. The predicted octanol–water partition coefficient (Wildman–Crippen LogP) is 2.07. The number of carbonyl (C=O) groups is 3. The van der Waals surface area contributed by atoms with Gasteiger partial charge in [0, 0.05) is 33.1 Å². The van der Waals surface area contributed by atoms with E-state index in [2.05, 4.69) is 24.3 Å². The normalized spacial score (nSPS) is 19.0. The van der Waals surface area contributed by atoms with Crippen molar-refractivity contribution in [2.75, 3.05) is 33.2 Å². The maximum absolute atomic E-state index is 12.4. The molecule has 0 atom stereocenters. The number of likely N-dealkylation sites (tertiary alicyclic amines) is 1. The SMILES string of the molecule is CN1CC(=O)N(CCCC(=O)N2CCC(c3ccccc3)CC2)C1=O. The minimum Gasteiger partial charge on any atom is -0.343 e. The zero-order valence-corrected chi connectivity index (χ0v) is 14.7. The summed E-state index contributed by atoms with van der Waals surface area (Å²) >= 11 is 0. The fourth-order valence-corrected chi connectivity index (χ4v) is 3.62. The van der Waals surface area contributed by atoms with E-state index in [0.717, 1.165) is 25.9 Å². The Morgan fingerprint density at radius 1 is 1.12 bits per heavy atom. The van der Waals surface area contributed by atoms with Crippen molar-refractivity contribution in [2.45, 2.75) is 31.6 Å². The lowest BCUT2D eigenvalue weighted by molar-refractivity contribution is -0.133. The second kappa shape index (κ2) is 7.68. The van der Waals surface area contributed by atoms with Crippen LogP contribution in [0.5, 0.6) is 0 Å². The van der Waals surface area contributed by atoms with E-state index in [1.165, 1.54) is 15.4 Å². The van der Waals surface area contributed by atoms with Gasteiger partial charge in [-0.3, -0.25) is 14.5 Å². The van der Waals surface area contributed by atoms with E-state index in [1.54, 1.807) is 7.05 Å². The molecular formula is C19H25N3O3. The molecule has 2 aliphatic heterocycles. The quantitative estimate of drug-likeness (QED) is 0.769. The summed E-state index contributed by atoms with van der Waals surface area (Å²) in [6, 6.07) is 10.2. The lowest BCUT2D eigenvalue weighted by atomic mass is 9.89. The second-order valence-electron chi connectivity index (χ2n) is 6.85. The predicted molar refractivity (Wildman–Crippen MR) is 94.0 cm³/mol. The molecule has 0 bridgehead atoms. The van der Waals surface area contributed by atoms with E-state index in [-0.39, 0.29) is 24.4 Å². The Hall–Kier alpha value is -2.37. The number of nitrogens with zero attached hydrogens (tertiary/aromatic N) is 3. The molecule has 2 heterocycles. The van der Waals surface area contributed by atoms with Crippen molar-refractivity contribution in [2.24, 2.45) is 0 Å². The highest BCUT2D eigenvalue weighted by Gasteiger charge is 2.33. The molecule has 6 nitrogen and oxygen atoms in total. The van der Waals surface area contributed by atoms with E-state index in [0.29, 0.717) is 25.3 Å². The highest BCUT2D eigenvalue weighted by Crippen LogP contribution is 2.28. The first-order valence-electron chi connectivity index (χ1n) is 8.94. The Morgan fingerprint density at radius 2 is 1.80 bits per heavy atom. The van der Waals surface area contributed by atoms with Crippen LogP contribution in [0.2, 0.25) is 0 Å². The van der Waals surface area contributed by atoms with E-state index in [9.17, 15) is 14.4 Å². The Labute approximate surface area is 148 Å². The van der Waals surface area contributed by atoms with Crippen LogP contribution >= 0.6 is 0 Å². The van der Waals surface area contributed by atoms with E-state index in [1.807, 2.05) is 11.0 Å². The molecule has 3 rings (SSSR count). The first-order valence-corrected chi connectivity index (χ1v) is 8.94. The Morgan fingerprint density at radius 3 is 2.40 bits per heavy atom. The van der Waals surface area contributed by atoms with Crippen LogP contribution in [0.1, 0.15) is 37.2 Å². The van der Waals surface area contributed by atoms with Crippen molar-refractivity contribution < 1.29 is 14.4 Å². The van der Waals surface area contributed by atoms with Crippen LogP contribution in [0.3, 0.4) is 0 Å². The number of imide groups is 1. The molecular weight excluding hydrogens is 318 g/mol. The number of likely N-dealkylation sites (N-methyl/N-ethyl adjacent to an activating group) is 1. The van der Waals surface area contributed by atoms with Gasteiger partial charge in [0.25, 0.3) is 0 Å². The average Bonchev–Trinajstić information content (AvgIpc) is 2.88. The number of hydrogen-bond donors (Lipinski definition) is 0. The maximum atomic E-state index is 12.4. The van der Waals surface area contributed by atoms with Gasteiger partial charge in [0.2, 0.25) is 11.8 Å². The van der Waals surface area contributed by atoms with Gasteiger partial charge < -0.3 is 9.80 Å². The van der Waals surface area contributed by atoms with Crippen molar-refractivity contribution >= 4 is 17.8 Å². The lowest BCUT2D eigenvalue weighted by Crippen LogP contribution is -2.38. The fourth-order valence-electron chi connectivity index (χ4n) is 3.62. The summed E-state index contributed by atoms with van der Waals surface area (Å²) in [6.07, 6.45) is 2.90. The van der Waals surface area contributed by atoms with Gasteiger partial charge >= 0.3 is 6.03 Å². The molecule has 1 aromatic rings. The minimum absolute atomic E-state index is 0.124. The Kier molecular flexibility index (Phi) is 5.36. The molecule has 25 heavy (non-hydrogen) atoms. The zero-order valence-electron chi connectivity index (χ0n) is 14.7. The van der Waals surface area contributed by atoms with Gasteiger partial charge in [-0.15, -0.1) is 0 Å². The van der Waals surface area contributed by atoms with E-state index >= 15 is 0 Å². The number of amides is 4. The molecule has 2 aliphatic rings. The molecule has 0 N–H and O–H groups in total. The molecule has 2 fully saturated rings. The molecule has 2 saturated heterocycles. The van der Waals surface area contributed by atoms with Crippen molar-refractivity contribution in [3.63, 3.8) is 0 Å². The number of hydrogen-bond acceptors (Lipinski definition) is 3. The Balaban J connectivity index is 1.41. The molecule has 134 valence electrons. The average molecular weight is 343 g/mol. The first-order chi connectivity index (χ1) is 12.1. The van der Waals surface area contributed by atoms with Crippen LogP contribution < -0.4 is 0 Å². The molecule has 0 aromatic heterocycles. The summed E-state index contributed by atoms with van der Waals surface area (Å²) in [7, 11) is 1.61. The van der Waals surface area contributed by atoms with Gasteiger partial charge in [-0.25, -0.2) is 4.79 Å².